The van der Waals surface area contributed by atoms with Gasteiger partial charge in [-0.3, -0.25) is 0 Å². The molecule has 10 heteroatoms. The molecule has 2 radical (unpaired) electrons. The van der Waals surface area contributed by atoms with Gasteiger partial charge in [0.2, 0.25) is 0 Å². The van der Waals surface area contributed by atoms with Crippen molar-refractivity contribution < 1.29 is 117 Å². The van der Waals surface area contributed by atoms with Gasteiger partial charge in [-0.1, -0.05) is 0 Å². The Hall–Kier alpha value is 1.34. The summed E-state index contributed by atoms with van der Waals surface area (Å²) in [5.41, 5.74) is 0. The Balaban J connectivity index is 0.00000264. The topological polar surface area (TPSA) is 99.5 Å². The van der Waals surface area contributed by atoms with Crippen molar-refractivity contribution in [3.63, 3.8) is 0 Å². The molecule has 4 atom stereocenters. The number of amides is 2. The van der Waals surface area contributed by atoms with Crippen LogP contribution in [0.25, 0.3) is 0 Å². The average molecular weight is 770 g/mol. The first-order chi connectivity index (χ1) is 10.2. The van der Waals surface area contributed by atoms with Gasteiger partial charge in [0.25, 0.3) is 0 Å². The Morgan fingerprint density at radius 3 is 1.38 bits per heavy atom. The van der Waals surface area contributed by atoms with Crippen molar-refractivity contribution in [2.45, 2.75) is 77.0 Å². The Kier molecular flexibility index (Phi) is 11.2. The average Bonchev–Trinajstić information content (AvgIpc) is 2.41. The molecule has 3 aliphatic rings. The van der Waals surface area contributed by atoms with Crippen LogP contribution in [0.3, 0.4) is 0 Å². The molecule has 2 aliphatic heterocycles. The van der Waals surface area contributed by atoms with E-state index in [1.54, 1.807) is 27.7 Å². The van der Waals surface area contributed by atoms with Crippen LogP contribution < -0.4 is 0 Å². The Morgan fingerprint density at radius 1 is 0.833 bits per heavy atom. The summed E-state index contributed by atoms with van der Waals surface area (Å²) < 4.78 is 10.3. The molecule has 1 aliphatic carbocycles. The third kappa shape index (κ3) is 5.43. The summed E-state index contributed by atoms with van der Waals surface area (Å²) in [7, 11) is 0. The number of nitrogens with zero attached hydrogens (tertiary/aromatic N) is 2. The van der Waals surface area contributed by atoms with Gasteiger partial charge in [0.15, 0.2) is 0 Å². The van der Waals surface area contributed by atoms with Crippen molar-refractivity contribution in [2.24, 2.45) is 0 Å². The molecule has 0 aromatic heterocycles. The van der Waals surface area contributed by atoms with Crippen molar-refractivity contribution in [3.8, 4) is 0 Å². The molecule has 2 heterocycles. The molecule has 0 spiro atoms. The fourth-order valence-corrected chi connectivity index (χ4v) is 2.95. The van der Waals surface area contributed by atoms with E-state index in [1.807, 2.05) is 0 Å². The molecule has 3 fully saturated rings. The van der Waals surface area contributed by atoms with Gasteiger partial charge in [0.05, 0.1) is 24.3 Å². The number of fused-ring (bicyclic) bond motifs is 3. The molecule has 0 aromatic rings. The minimum absolute atomic E-state index is 0. The molecule has 2 amide bonds. The van der Waals surface area contributed by atoms with Gasteiger partial charge in [-0.15, -0.1) is 0 Å². The van der Waals surface area contributed by atoms with Crippen molar-refractivity contribution in [2.75, 3.05) is 0 Å². The third-order valence-electron chi connectivity index (χ3n) is 3.80. The quantitative estimate of drug-likeness (QED) is 0.433. The van der Waals surface area contributed by atoms with Crippen molar-refractivity contribution in [1.82, 2.24) is 10.0 Å². The molecule has 8 nitrogen and oxygen atoms in total. The van der Waals surface area contributed by atoms with Crippen molar-refractivity contribution in [1.29, 1.82) is 0 Å². The van der Waals surface area contributed by atoms with Crippen LogP contribution >= 0.6 is 0 Å². The standard InChI is InChI=1S/C14H24N2O6.2Ac/c1-7(2)21-13(19)15-9-5-6-10(12(18)11(9)17)16(15)14(20)22-8(3)4;;/h7-12,17-18H,5-6H2,1-4H3;;. The number of hydrazine groups is 1. The zero-order chi connectivity index (χ0) is 16.6. The molecule has 4 unspecified atom stereocenters. The van der Waals surface area contributed by atoms with E-state index >= 15 is 0 Å². The summed E-state index contributed by atoms with van der Waals surface area (Å²) in [6.45, 7) is 6.79. The van der Waals surface area contributed by atoms with Gasteiger partial charge in [-0.2, -0.15) is 0 Å². The van der Waals surface area contributed by atoms with Gasteiger partial charge < -0.3 is 19.7 Å². The van der Waals surface area contributed by atoms with Gasteiger partial charge in [0, 0.05) is 88.1 Å². The monoisotopic (exact) mass is 770 g/mol. The molecule has 2 saturated heterocycles. The number of ether oxygens (including phenoxy) is 2. The summed E-state index contributed by atoms with van der Waals surface area (Å²) in [4.78, 5) is 24.6. The van der Waals surface area contributed by atoms with E-state index in [4.69, 9.17) is 9.47 Å². The van der Waals surface area contributed by atoms with Gasteiger partial charge >= 0.3 is 12.2 Å². The third-order valence-corrected chi connectivity index (χ3v) is 3.80. The van der Waals surface area contributed by atoms with Crippen LogP contribution in [-0.2, 0) is 9.47 Å². The van der Waals surface area contributed by atoms with Gasteiger partial charge in [-0.05, 0) is 40.5 Å². The summed E-state index contributed by atoms with van der Waals surface area (Å²) in [6.07, 6.45) is -3.42. The van der Waals surface area contributed by atoms with Crippen LogP contribution in [0.4, 0.5) is 9.59 Å². The minimum Gasteiger partial charge on any atom is -0.445 e. The van der Waals surface area contributed by atoms with Crippen LogP contribution in [0, 0.1) is 88.1 Å². The van der Waals surface area contributed by atoms with Crippen LogP contribution in [-0.4, -0.2) is 68.9 Å². The second kappa shape index (κ2) is 10.6. The minimum atomic E-state index is -1.11. The first kappa shape index (κ1) is 25.3. The first-order valence-corrected chi connectivity index (χ1v) is 7.59. The smallest absolute Gasteiger partial charge is 0.429 e. The predicted octanol–water partition coefficient (Wildman–Crippen LogP) is 0.862. The Labute approximate surface area is 213 Å². The fraction of sp³-hybridized carbons (Fsp3) is 0.857. The maximum Gasteiger partial charge on any atom is 0.429 e. The Morgan fingerprint density at radius 2 is 1.12 bits per heavy atom. The van der Waals surface area contributed by atoms with Crippen LogP contribution in [0.1, 0.15) is 40.5 Å². The normalized spacial score (nSPS) is 28.3. The number of aliphatic hydroxyl groups is 2. The van der Waals surface area contributed by atoms with Gasteiger partial charge in [-0.25, -0.2) is 19.6 Å². The van der Waals surface area contributed by atoms with Crippen LogP contribution in [0.15, 0.2) is 0 Å². The van der Waals surface area contributed by atoms with E-state index < -0.39 is 36.5 Å². The zero-order valence-electron chi connectivity index (χ0n) is 14.5. The van der Waals surface area contributed by atoms with E-state index in [-0.39, 0.29) is 100 Å². The largest absolute Gasteiger partial charge is 0.445 e. The van der Waals surface area contributed by atoms with Crippen molar-refractivity contribution in [3.05, 3.63) is 0 Å². The molecule has 3 rings (SSSR count). The van der Waals surface area contributed by atoms with E-state index in [1.165, 1.54) is 0 Å². The summed E-state index contributed by atoms with van der Waals surface area (Å²) in [5, 5.41) is 22.4. The summed E-state index contributed by atoms with van der Waals surface area (Å²) >= 11 is 0. The molecule has 2 bridgehead atoms. The summed E-state index contributed by atoms with van der Waals surface area (Å²) in [6, 6.07) is -1.41. The van der Waals surface area contributed by atoms with E-state index in [0.29, 0.717) is 12.8 Å². The Bertz CT molecular complexity index is 411. The molecule has 2 N–H and O–H groups in total. The van der Waals surface area contributed by atoms with Crippen LogP contribution in [0.2, 0.25) is 0 Å². The number of hydrogen-bond donors (Lipinski definition) is 2. The molecule has 1 saturated carbocycles. The molecule has 132 valence electrons. The van der Waals surface area contributed by atoms with Crippen molar-refractivity contribution >= 4 is 12.2 Å². The number of rotatable bonds is 2. The predicted molar refractivity (Wildman–Crippen MR) is 75.7 cm³/mol. The first-order valence-electron chi connectivity index (χ1n) is 7.59. The maximum absolute atomic E-state index is 12.3. The second-order valence-corrected chi connectivity index (χ2v) is 6.25. The molecule has 0 aromatic carbocycles. The zero-order valence-corrected chi connectivity index (χ0v) is 23.9. The fourth-order valence-electron chi connectivity index (χ4n) is 2.95. The van der Waals surface area contributed by atoms with Crippen LogP contribution in [0.5, 0.6) is 0 Å². The number of hydrogen-bond acceptors (Lipinski definition) is 6. The molecular formula is C14H24Ac2N2O6. The van der Waals surface area contributed by atoms with Gasteiger partial charge in [0.1, 0.15) is 12.2 Å². The number of aliphatic hydroxyl groups excluding tert-OH is 2. The SMILES string of the molecule is CC(C)OC(=O)N1C2CCC(C(O)C2O)N1C(=O)OC(C)C.[Ac].[Ac]. The number of carbonyl (C=O) groups excluding carboxylic acids is 2. The van der Waals surface area contributed by atoms with E-state index in [0.717, 1.165) is 10.0 Å². The second-order valence-electron chi connectivity index (χ2n) is 6.25. The van der Waals surface area contributed by atoms with E-state index in [9.17, 15) is 19.8 Å². The number of carbonyl (C=O) groups is 2. The molecular weight excluding hydrogens is 746 g/mol. The van der Waals surface area contributed by atoms with E-state index in [2.05, 4.69) is 0 Å². The molecule has 24 heavy (non-hydrogen) atoms. The maximum atomic E-state index is 12.3. The summed E-state index contributed by atoms with van der Waals surface area (Å²) in [5.74, 6) is 0.